The second kappa shape index (κ2) is 60.5. The van der Waals surface area contributed by atoms with Crippen LogP contribution in [0.1, 0.15) is 317 Å². The Balaban J connectivity index is 5.25. The van der Waals surface area contributed by atoms with Gasteiger partial charge in [0.15, 0.2) is 12.2 Å². The average molecular weight is 1250 g/mol. The number of aliphatic hydroxyl groups is 1. The van der Waals surface area contributed by atoms with Gasteiger partial charge in [0.25, 0.3) is 0 Å². The number of hydrogen-bond acceptors (Lipinski definition) is 15. The Bertz CT molecular complexity index is 1730. The number of phosphoric acid groups is 2. The van der Waals surface area contributed by atoms with E-state index in [4.69, 9.17) is 37.0 Å². The fourth-order valence-corrected chi connectivity index (χ4v) is 11.0. The summed E-state index contributed by atoms with van der Waals surface area (Å²) in [6.07, 6.45) is 49.4. The molecular weight excluding hydrogens is 1130 g/mol. The van der Waals surface area contributed by atoms with Gasteiger partial charge in [0.2, 0.25) is 0 Å². The van der Waals surface area contributed by atoms with Crippen molar-refractivity contribution in [2.24, 2.45) is 0 Å². The second-order valence-corrected chi connectivity index (χ2v) is 26.1. The number of carbonyl (C=O) groups excluding carboxylic acids is 4. The second-order valence-electron chi connectivity index (χ2n) is 23.2. The van der Waals surface area contributed by atoms with Crippen LogP contribution in [0.3, 0.4) is 0 Å². The van der Waals surface area contributed by atoms with Crippen molar-refractivity contribution in [2.45, 2.75) is 335 Å². The molecule has 0 aliphatic carbocycles. The molecule has 500 valence electrons. The summed E-state index contributed by atoms with van der Waals surface area (Å²) in [5.41, 5.74) is 0. The highest BCUT2D eigenvalue weighted by Crippen LogP contribution is 2.45. The minimum atomic E-state index is -4.95. The summed E-state index contributed by atoms with van der Waals surface area (Å²) >= 11 is 0. The first kappa shape index (κ1) is 82.5. The van der Waals surface area contributed by atoms with E-state index in [1.165, 1.54) is 122 Å². The molecule has 0 aliphatic heterocycles. The summed E-state index contributed by atoms with van der Waals surface area (Å²) in [5.74, 6) is -2.16. The summed E-state index contributed by atoms with van der Waals surface area (Å²) in [6, 6.07) is 0. The van der Waals surface area contributed by atoms with Crippen LogP contribution < -0.4 is 0 Å². The maximum atomic E-state index is 13.0. The number of carbonyl (C=O) groups is 4. The number of aliphatic hydroxyl groups excluding tert-OH is 1. The lowest BCUT2D eigenvalue weighted by Crippen LogP contribution is -2.30. The maximum Gasteiger partial charge on any atom is 0.472 e. The van der Waals surface area contributed by atoms with E-state index in [0.29, 0.717) is 25.7 Å². The number of unbranched alkanes of at least 4 members (excludes halogenated alkanes) is 36. The molecule has 0 saturated carbocycles. The first-order valence-electron chi connectivity index (χ1n) is 34.1. The summed E-state index contributed by atoms with van der Waals surface area (Å²) in [6.45, 7) is 4.80. The van der Waals surface area contributed by atoms with Gasteiger partial charge in [-0.15, -0.1) is 0 Å². The highest BCUT2D eigenvalue weighted by Gasteiger charge is 2.30. The highest BCUT2D eigenvalue weighted by molar-refractivity contribution is 7.47. The SMILES string of the molecule is CCCCCC/C=C\C=C/CCCCCCCC(=O)O[C@H](COC(=O)CCCCCCCCCCCCCCC)COP(=O)(O)OC[C@@H](O)COP(=O)(O)OC[C@@H](COC(=O)CCCCCCCCC)OC(=O)CCCCCCCCCCCC. The molecule has 2 unspecified atom stereocenters. The van der Waals surface area contributed by atoms with Crippen LogP contribution >= 0.6 is 15.6 Å². The molecule has 3 N–H and O–H groups in total. The normalized spacial score (nSPS) is 14.3. The van der Waals surface area contributed by atoms with E-state index in [1.807, 2.05) is 0 Å². The first-order valence-corrected chi connectivity index (χ1v) is 37.1. The van der Waals surface area contributed by atoms with Crippen molar-refractivity contribution in [2.75, 3.05) is 39.6 Å². The Hall–Kier alpha value is -2.46. The van der Waals surface area contributed by atoms with Crippen LogP contribution in [0.25, 0.3) is 0 Å². The molecule has 0 radical (unpaired) electrons. The molecule has 0 bridgehead atoms. The van der Waals surface area contributed by atoms with Crippen LogP contribution in [0, 0.1) is 0 Å². The number of allylic oxidation sites excluding steroid dienone is 4. The lowest BCUT2D eigenvalue weighted by atomic mass is 10.0. The quantitative estimate of drug-likeness (QED) is 0.0169. The maximum absolute atomic E-state index is 13.0. The van der Waals surface area contributed by atoms with E-state index in [9.17, 15) is 43.2 Å². The largest absolute Gasteiger partial charge is 0.472 e. The predicted octanol–water partition coefficient (Wildman–Crippen LogP) is 18.3. The summed E-state index contributed by atoms with van der Waals surface area (Å²) in [4.78, 5) is 72.2. The average Bonchev–Trinajstić information content (AvgIpc) is 3.51. The monoisotopic (exact) mass is 1250 g/mol. The molecule has 0 aliphatic rings. The zero-order valence-electron chi connectivity index (χ0n) is 54.1. The lowest BCUT2D eigenvalue weighted by molar-refractivity contribution is -0.161. The fourth-order valence-electron chi connectivity index (χ4n) is 9.45. The van der Waals surface area contributed by atoms with E-state index in [-0.39, 0.29) is 25.7 Å². The predicted molar refractivity (Wildman–Crippen MR) is 340 cm³/mol. The molecular formula is C66H124O17P2. The van der Waals surface area contributed by atoms with Crippen LogP contribution in [-0.4, -0.2) is 96.7 Å². The van der Waals surface area contributed by atoms with Gasteiger partial charge in [0, 0.05) is 25.7 Å². The summed E-state index contributed by atoms with van der Waals surface area (Å²) in [5, 5.41) is 10.5. The van der Waals surface area contributed by atoms with Crippen LogP contribution in [-0.2, 0) is 65.4 Å². The molecule has 0 spiro atoms. The van der Waals surface area contributed by atoms with Crippen molar-refractivity contribution in [3.05, 3.63) is 24.3 Å². The Kier molecular flexibility index (Phi) is 58.7. The molecule has 0 fully saturated rings. The Morgan fingerprint density at radius 3 is 0.859 bits per heavy atom. The molecule has 0 aromatic heterocycles. The van der Waals surface area contributed by atoms with Gasteiger partial charge in [0.1, 0.15) is 19.3 Å². The first-order chi connectivity index (χ1) is 41.2. The molecule has 5 atom stereocenters. The number of ether oxygens (including phenoxy) is 4. The van der Waals surface area contributed by atoms with Gasteiger partial charge in [0.05, 0.1) is 26.4 Å². The van der Waals surface area contributed by atoms with Crippen molar-refractivity contribution in [3.8, 4) is 0 Å². The van der Waals surface area contributed by atoms with E-state index in [0.717, 1.165) is 116 Å². The third-order valence-corrected chi connectivity index (χ3v) is 16.6. The van der Waals surface area contributed by atoms with Crippen molar-refractivity contribution >= 4 is 39.5 Å². The van der Waals surface area contributed by atoms with Gasteiger partial charge in [-0.25, -0.2) is 9.13 Å². The molecule has 85 heavy (non-hydrogen) atoms. The molecule has 0 aromatic carbocycles. The Morgan fingerprint density at radius 1 is 0.329 bits per heavy atom. The number of phosphoric ester groups is 2. The summed E-state index contributed by atoms with van der Waals surface area (Å²) in [7, 11) is -9.90. The van der Waals surface area contributed by atoms with Crippen molar-refractivity contribution in [1.82, 2.24) is 0 Å². The van der Waals surface area contributed by atoms with Crippen LogP contribution in [0.5, 0.6) is 0 Å². The van der Waals surface area contributed by atoms with Gasteiger partial charge in [-0.3, -0.25) is 37.3 Å². The molecule has 0 rings (SSSR count). The van der Waals surface area contributed by atoms with Gasteiger partial charge in [-0.2, -0.15) is 0 Å². The van der Waals surface area contributed by atoms with Crippen molar-refractivity contribution in [1.29, 1.82) is 0 Å². The van der Waals surface area contributed by atoms with Gasteiger partial charge < -0.3 is 33.8 Å². The smallest absolute Gasteiger partial charge is 0.462 e. The van der Waals surface area contributed by atoms with Gasteiger partial charge in [-0.05, 0) is 51.4 Å². The third kappa shape index (κ3) is 60.2. The van der Waals surface area contributed by atoms with E-state index >= 15 is 0 Å². The molecule has 0 saturated heterocycles. The van der Waals surface area contributed by atoms with Crippen LogP contribution in [0.15, 0.2) is 24.3 Å². The van der Waals surface area contributed by atoms with Gasteiger partial charge >= 0.3 is 39.5 Å². The minimum absolute atomic E-state index is 0.0856. The molecule has 19 heteroatoms. The van der Waals surface area contributed by atoms with E-state index in [2.05, 4.69) is 52.0 Å². The van der Waals surface area contributed by atoms with E-state index < -0.39 is 97.5 Å². The zero-order chi connectivity index (χ0) is 62.6. The Labute approximate surface area is 516 Å². The third-order valence-electron chi connectivity index (χ3n) is 14.7. The minimum Gasteiger partial charge on any atom is -0.462 e. The van der Waals surface area contributed by atoms with Gasteiger partial charge in [-0.1, -0.05) is 264 Å². The molecule has 0 aromatic rings. The van der Waals surface area contributed by atoms with E-state index in [1.54, 1.807) is 0 Å². The topological polar surface area (TPSA) is 237 Å². The number of rotatable bonds is 65. The Morgan fingerprint density at radius 2 is 0.565 bits per heavy atom. The van der Waals surface area contributed by atoms with Crippen LogP contribution in [0.2, 0.25) is 0 Å². The van der Waals surface area contributed by atoms with Crippen molar-refractivity contribution in [3.63, 3.8) is 0 Å². The molecule has 17 nitrogen and oxygen atoms in total. The molecule has 0 heterocycles. The standard InChI is InChI=1S/C66H124O17P2/c1-5-9-13-17-21-24-27-29-30-32-34-37-41-45-49-53-66(71)83-62(57-77-64(69)51-47-43-39-36-33-31-28-25-22-18-14-10-6-2)59-81-85(74,75)79-55-60(67)54-78-84(72,73)80-58-61(56-76-63(68)50-46-42-38-20-16-12-8-4)82-65(70)52-48-44-40-35-26-23-19-15-11-7-3/h24,27,29-30,60-62,67H,5-23,25-26,28,31-59H2,1-4H3,(H,72,73)(H,74,75)/b27-24-,30-29-/t60-,61+,62+/m0/s1. The number of esters is 4. The zero-order valence-corrected chi connectivity index (χ0v) is 55.8. The fraction of sp³-hybridized carbons (Fsp3) is 0.879. The van der Waals surface area contributed by atoms with Crippen molar-refractivity contribution < 1.29 is 80.2 Å². The molecule has 0 amide bonds. The summed E-state index contributed by atoms with van der Waals surface area (Å²) < 4.78 is 67.9. The highest BCUT2D eigenvalue weighted by atomic mass is 31.2. The lowest BCUT2D eigenvalue weighted by Gasteiger charge is -2.21. The van der Waals surface area contributed by atoms with Crippen LogP contribution in [0.4, 0.5) is 0 Å². The number of hydrogen-bond donors (Lipinski definition) is 3.